The lowest BCUT2D eigenvalue weighted by Gasteiger charge is -2.05. The van der Waals surface area contributed by atoms with E-state index in [-0.39, 0.29) is 0 Å². The third-order valence-corrected chi connectivity index (χ3v) is 7.52. The van der Waals surface area contributed by atoms with Gasteiger partial charge >= 0.3 is 0 Å². The van der Waals surface area contributed by atoms with Crippen LogP contribution in [0.4, 0.5) is 0 Å². The molecule has 0 aliphatic rings. The minimum absolute atomic E-state index is 0.721. The van der Waals surface area contributed by atoms with Crippen LogP contribution in [0.2, 0.25) is 0 Å². The van der Waals surface area contributed by atoms with Gasteiger partial charge in [0.25, 0.3) is 0 Å². The average Bonchev–Trinajstić information content (AvgIpc) is 2.82. The lowest BCUT2D eigenvalue weighted by Crippen LogP contribution is -1.93. The van der Waals surface area contributed by atoms with Crippen molar-refractivity contribution in [1.82, 2.24) is 0 Å². The van der Waals surface area contributed by atoms with Crippen LogP contribution < -0.4 is 0 Å². The van der Waals surface area contributed by atoms with Gasteiger partial charge in [-0.05, 0) is 36.5 Å². The Bertz CT molecular complexity index is 734. The van der Waals surface area contributed by atoms with Crippen molar-refractivity contribution >= 4 is 36.0 Å². The molecule has 32 heavy (non-hydrogen) atoms. The standard InChI is InChI=1S/C28H40N2S2/c1-3-5-7-13-21-31-27-17-11-9-15-25(27)23-29-19-20-30-24-26-16-10-12-18-28(26)32-22-14-8-6-4-2/h9-12,15-18,23-24H,3-8,13-14,19-22H2,1-2H3. The van der Waals surface area contributed by atoms with E-state index in [0.29, 0.717) is 0 Å². The van der Waals surface area contributed by atoms with Crippen molar-refractivity contribution in [3.63, 3.8) is 0 Å². The number of thioether (sulfide) groups is 2. The number of hydrogen-bond acceptors (Lipinski definition) is 4. The summed E-state index contributed by atoms with van der Waals surface area (Å²) in [7, 11) is 0. The van der Waals surface area contributed by atoms with Gasteiger partial charge in [0.1, 0.15) is 0 Å². The van der Waals surface area contributed by atoms with Gasteiger partial charge in [-0.15, -0.1) is 23.5 Å². The van der Waals surface area contributed by atoms with Crippen LogP contribution in [0.3, 0.4) is 0 Å². The minimum atomic E-state index is 0.721. The van der Waals surface area contributed by atoms with Crippen molar-refractivity contribution in [1.29, 1.82) is 0 Å². The highest BCUT2D eigenvalue weighted by Crippen LogP contribution is 2.24. The smallest absolute Gasteiger partial charge is 0.0585 e. The second-order valence-corrected chi connectivity index (χ2v) is 10.2. The van der Waals surface area contributed by atoms with E-state index in [1.165, 1.54) is 83.8 Å². The van der Waals surface area contributed by atoms with Crippen LogP contribution in [0.1, 0.15) is 76.3 Å². The monoisotopic (exact) mass is 468 g/mol. The molecular weight excluding hydrogens is 428 g/mol. The number of hydrogen-bond donors (Lipinski definition) is 0. The molecule has 0 saturated heterocycles. The van der Waals surface area contributed by atoms with E-state index in [9.17, 15) is 0 Å². The molecule has 0 amide bonds. The SMILES string of the molecule is CCCCCCSc1ccccc1C=NCCN=Cc1ccccc1SCCCCCC. The van der Waals surface area contributed by atoms with Gasteiger partial charge in [-0.25, -0.2) is 0 Å². The minimum Gasteiger partial charge on any atom is -0.291 e. The number of nitrogens with zero attached hydrogens (tertiary/aromatic N) is 2. The Hall–Kier alpha value is -1.52. The zero-order chi connectivity index (χ0) is 22.7. The quantitative estimate of drug-likeness (QED) is 0.132. The molecule has 0 spiro atoms. The highest BCUT2D eigenvalue weighted by atomic mass is 32.2. The molecule has 0 heterocycles. The molecule has 0 aliphatic carbocycles. The highest BCUT2D eigenvalue weighted by Gasteiger charge is 2.01. The lowest BCUT2D eigenvalue weighted by molar-refractivity contribution is 0.706. The molecule has 4 heteroatoms. The first-order valence-corrected chi connectivity index (χ1v) is 14.3. The maximum Gasteiger partial charge on any atom is 0.0585 e. The first kappa shape index (κ1) is 26.7. The highest BCUT2D eigenvalue weighted by molar-refractivity contribution is 7.99. The maximum absolute atomic E-state index is 4.63. The molecule has 0 aliphatic heterocycles. The fourth-order valence-corrected chi connectivity index (χ4v) is 5.36. The van der Waals surface area contributed by atoms with Gasteiger partial charge in [0.2, 0.25) is 0 Å². The van der Waals surface area contributed by atoms with Gasteiger partial charge in [0, 0.05) is 33.3 Å². The Kier molecular flexibility index (Phi) is 15.0. The zero-order valence-corrected chi connectivity index (χ0v) is 21.6. The lowest BCUT2D eigenvalue weighted by atomic mass is 10.2. The number of aliphatic imine (C=N–C) groups is 2. The normalized spacial score (nSPS) is 11.7. The van der Waals surface area contributed by atoms with Gasteiger partial charge in [-0.1, -0.05) is 88.8 Å². The molecule has 0 saturated carbocycles. The number of unbranched alkanes of at least 4 members (excludes halogenated alkanes) is 6. The van der Waals surface area contributed by atoms with Crippen molar-refractivity contribution in [2.45, 2.75) is 75.0 Å². The Balaban J connectivity index is 1.76. The summed E-state index contributed by atoms with van der Waals surface area (Å²) >= 11 is 3.90. The van der Waals surface area contributed by atoms with Gasteiger partial charge in [-0.2, -0.15) is 0 Å². The molecule has 0 unspecified atom stereocenters. The van der Waals surface area contributed by atoms with Crippen molar-refractivity contribution in [3.8, 4) is 0 Å². The fourth-order valence-electron chi connectivity index (χ4n) is 3.30. The second-order valence-electron chi connectivity index (χ2n) is 7.96. The van der Waals surface area contributed by atoms with Gasteiger partial charge in [0.15, 0.2) is 0 Å². The van der Waals surface area contributed by atoms with Crippen molar-refractivity contribution in [3.05, 3.63) is 59.7 Å². The van der Waals surface area contributed by atoms with E-state index in [2.05, 4.69) is 72.4 Å². The predicted molar refractivity (Wildman–Crippen MR) is 148 cm³/mol. The summed E-state index contributed by atoms with van der Waals surface area (Å²) in [5, 5.41) is 0. The molecule has 2 aromatic rings. The number of rotatable bonds is 17. The summed E-state index contributed by atoms with van der Waals surface area (Å²) in [5.41, 5.74) is 2.45. The molecule has 0 fully saturated rings. The van der Waals surface area contributed by atoms with Crippen molar-refractivity contribution in [2.24, 2.45) is 9.98 Å². The maximum atomic E-state index is 4.63. The first-order valence-electron chi connectivity index (χ1n) is 12.3. The van der Waals surface area contributed by atoms with Gasteiger partial charge in [-0.3, -0.25) is 9.98 Å². The van der Waals surface area contributed by atoms with E-state index in [1.807, 2.05) is 36.0 Å². The topological polar surface area (TPSA) is 24.7 Å². The van der Waals surface area contributed by atoms with E-state index < -0.39 is 0 Å². The Morgan fingerprint density at radius 1 is 0.594 bits per heavy atom. The van der Waals surface area contributed by atoms with Crippen LogP contribution in [-0.4, -0.2) is 37.0 Å². The summed E-state index contributed by atoms with van der Waals surface area (Å²) in [6.07, 6.45) is 14.5. The number of benzene rings is 2. The van der Waals surface area contributed by atoms with Crippen LogP contribution in [0.15, 0.2) is 68.3 Å². The van der Waals surface area contributed by atoms with Crippen LogP contribution in [0.25, 0.3) is 0 Å². The van der Waals surface area contributed by atoms with E-state index in [1.54, 1.807) is 0 Å². The Morgan fingerprint density at radius 3 is 1.47 bits per heavy atom. The van der Waals surface area contributed by atoms with Crippen molar-refractivity contribution < 1.29 is 0 Å². The Morgan fingerprint density at radius 2 is 1.03 bits per heavy atom. The predicted octanol–water partition coefficient (Wildman–Crippen LogP) is 8.57. The third kappa shape index (κ3) is 11.4. The van der Waals surface area contributed by atoms with Crippen LogP contribution in [-0.2, 0) is 0 Å². The zero-order valence-electron chi connectivity index (χ0n) is 20.0. The van der Waals surface area contributed by atoms with Gasteiger partial charge < -0.3 is 0 Å². The summed E-state index contributed by atoms with van der Waals surface area (Å²) in [6, 6.07) is 17.2. The largest absolute Gasteiger partial charge is 0.291 e. The summed E-state index contributed by atoms with van der Waals surface area (Å²) < 4.78 is 0. The molecule has 2 rings (SSSR count). The van der Waals surface area contributed by atoms with E-state index in [4.69, 9.17) is 0 Å². The summed E-state index contributed by atoms with van der Waals surface area (Å²) in [4.78, 5) is 11.9. The Labute approximate surface area is 204 Å². The second kappa shape index (κ2) is 18.0. The molecule has 2 aromatic carbocycles. The summed E-state index contributed by atoms with van der Waals surface area (Å²) in [5.74, 6) is 2.37. The average molecular weight is 469 g/mol. The van der Waals surface area contributed by atoms with Crippen LogP contribution >= 0.6 is 23.5 Å². The fraction of sp³-hybridized carbons (Fsp3) is 0.500. The van der Waals surface area contributed by atoms with E-state index >= 15 is 0 Å². The molecule has 0 atom stereocenters. The van der Waals surface area contributed by atoms with Crippen LogP contribution in [0, 0.1) is 0 Å². The molecule has 2 nitrogen and oxygen atoms in total. The molecule has 0 bridgehead atoms. The first-order chi connectivity index (χ1) is 15.8. The van der Waals surface area contributed by atoms with E-state index in [0.717, 1.165) is 13.1 Å². The molecular formula is C28H40N2S2. The molecule has 0 N–H and O–H groups in total. The molecule has 0 radical (unpaired) electrons. The van der Waals surface area contributed by atoms with Crippen LogP contribution in [0.5, 0.6) is 0 Å². The molecule has 0 aromatic heterocycles. The summed E-state index contributed by atoms with van der Waals surface area (Å²) in [6.45, 7) is 5.96. The molecule has 174 valence electrons. The third-order valence-electron chi connectivity index (χ3n) is 5.17. The van der Waals surface area contributed by atoms with Gasteiger partial charge in [0.05, 0.1) is 13.1 Å². The van der Waals surface area contributed by atoms with Crippen molar-refractivity contribution in [2.75, 3.05) is 24.6 Å².